The Balaban J connectivity index is 0.00000131. The molecular formula is C19H27Cl2N5O. The van der Waals surface area contributed by atoms with Gasteiger partial charge in [-0.1, -0.05) is 30.3 Å². The van der Waals surface area contributed by atoms with Crippen molar-refractivity contribution in [2.75, 3.05) is 13.1 Å². The Labute approximate surface area is 172 Å². The number of nitrogens with zero attached hydrogens (tertiary/aromatic N) is 4. The van der Waals surface area contributed by atoms with Crippen molar-refractivity contribution in [3.63, 3.8) is 0 Å². The number of amides is 1. The van der Waals surface area contributed by atoms with Gasteiger partial charge in [-0.2, -0.15) is 0 Å². The van der Waals surface area contributed by atoms with Crippen molar-refractivity contribution in [3.8, 4) is 0 Å². The van der Waals surface area contributed by atoms with Gasteiger partial charge in [0.05, 0.1) is 0 Å². The summed E-state index contributed by atoms with van der Waals surface area (Å²) >= 11 is 0. The van der Waals surface area contributed by atoms with Gasteiger partial charge in [-0.25, -0.2) is 0 Å². The summed E-state index contributed by atoms with van der Waals surface area (Å²) in [6.07, 6.45) is 4.18. The maximum atomic E-state index is 13.1. The molecule has 2 aromatic rings. The van der Waals surface area contributed by atoms with E-state index in [0.29, 0.717) is 6.54 Å². The highest BCUT2D eigenvalue weighted by atomic mass is 35.5. The average Bonchev–Trinajstić information content (AvgIpc) is 3.25. The van der Waals surface area contributed by atoms with Gasteiger partial charge in [-0.15, -0.1) is 35.0 Å². The fourth-order valence-electron chi connectivity index (χ4n) is 4.08. The van der Waals surface area contributed by atoms with E-state index in [9.17, 15) is 4.79 Å². The van der Waals surface area contributed by atoms with E-state index in [1.807, 2.05) is 42.2 Å². The van der Waals surface area contributed by atoms with E-state index in [1.54, 1.807) is 0 Å². The number of aryl methyl sites for hydroxylation is 1. The Hall–Kier alpha value is -1.63. The molecule has 2 unspecified atom stereocenters. The van der Waals surface area contributed by atoms with Crippen molar-refractivity contribution >= 4 is 30.7 Å². The van der Waals surface area contributed by atoms with Crippen LogP contribution in [-0.4, -0.2) is 38.7 Å². The van der Waals surface area contributed by atoms with Crippen LogP contribution in [0.3, 0.4) is 0 Å². The van der Waals surface area contributed by atoms with E-state index in [-0.39, 0.29) is 36.6 Å². The lowest BCUT2D eigenvalue weighted by Crippen LogP contribution is -2.53. The highest BCUT2D eigenvalue weighted by Gasteiger charge is 2.38. The smallest absolute Gasteiger partial charge is 0.246 e. The van der Waals surface area contributed by atoms with Crippen molar-refractivity contribution in [1.29, 1.82) is 0 Å². The Morgan fingerprint density at radius 1 is 1.15 bits per heavy atom. The third-order valence-corrected chi connectivity index (χ3v) is 5.53. The molecule has 3 heterocycles. The SMILES string of the molecule is CC(N)(C(=O)N1CCCC(c2nnc3n2CCC3)C1)c1ccccc1.Cl.Cl. The van der Waals surface area contributed by atoms with E-state index >= 15 is 0 Å². The fourth-order valence-corrected chi connectivity index (χ4v) is 4.08. The second-order valence-electron chi connectivity index (χ2n) is 7.39. The van der Waals surface area contributed by atoms with Gasteiger partial charge < -0.3 is 15.2 Å². The molecule has 0 aliphatic carbocycles. The van der Waals surface area contributed by atoms with E-state index in [4.69, 9.17) is 5.73 Å². The minimum atomic E-state index is -1.00. The number of hydrogen-bond acceptors (Lipinski definition) is 4. The molecule has 1 aromatic carbocycles. The summed E-state index contributed by atoms with van der Waals surface area (Å²) in [4.78, 5) is 15.0. The van der Waals surface area contributed by atoms with Gasteiger partial charge >= 0.3 is 0 Å². The molecule has 8 heteroatoms. The highest BCUT2D eigenvalue weighted by molar-refractivity contribution is 5.87. The zero-order chi connectivity index (χ0) is 17.4. The van der Waals surface area contributed by atoms with E-state index in [2.05, 4.69) is 14.8 Å². The van der Waals surface area contributed by atoms with Crippen molar-refractivity contribution in [1.82, 2.24) is 19.7 Å². The molecule has 2 atom stereocenters. The van der Waals surface area contributed by atoms with Crippen molar-refractivity contribution in [2.45, 2.75) is 50.6 Å². The first kappa shape index (κ1) is 21.7. The molecule has 1 saturated heterocycles. The maximum Gasteiger partial charge on any atom is 0.246 e. The predicted octanol–water partition coefficient (Wildman–Crippen LogP) is 2.65. The lowest BCUT2D eigenvalue weighted by molar-refractivity contribution is -0.138. The summed E-state index contributed by atoms with van der Waals surface area (Å²) in [5, 5.41) is 8.74. The molecule has 27 heavy (non-hydrogen) atoms. The van der Waals surface area contributed by atoms with Gasteiger partial charge in [0, 0.05) is 32.0 Å². The second-order valence-corrected chi connectivity index (χ2v) is 7.39. The molecule has 2 aliphatic heterocycles. The first-order chi connectivity index (χ1) is 12.1. The fraction of sp³-hybridized carbons (Fsp3) is 0.526. The van der Waals surface area contributed by atoms with Crippen LogP contribution in [0.25, 0.3) is 0 Å². The standard InChI is InChI=1S/C19H25N5O.2ClH/c1-19(20,15-8-3-2-4-9-15)18(25)23-11-5-7-14(13-23)17-22-21-16-10-6-12-24(16)17;;/h2-4,8-9,14H,5-7,10-13,20H2,1H3;2*1H. The minimum absolute atomic E-state index is 0. The number of carbonyl (C=O) groups is 1. The summed E-state index contributed by atoms with van der Waals surface area (Å²) in [7, 11) is 0. The van der Waals surface area contributed by atoms with Crippen molar-refractivity contribution in [3.05, 3.63) is 47.5 Å². The molecule has 4 rings (SSSR count). The van der Waals surface area contributed by atoms with E-state index in [0.717, 1.165) is 56.0 Å². The van der Waals surface area contributed by atoms with Crippen LogP contribution in [0, 0.1) is 0 Å². The molecule has 0 saturated carbocycles. The quantitative estimate of drug-likeness (QED) is 0.841. The number of rotatable bonds is 3. The van der Waals surface area contributed by atoms with Gasteiger partial charge in [0.25, 0.3) is 0 Å². The molecule has 2 aliphatic rings. The molecule has 6 nitrogen and oxygen atoms in total. The van der Waals surface area contributed by atoms with Crippen molar-refractivity contribution in [2.24, 2.45) is 5.73 Å². The average molecular weight is 412 g/mol. The summed E-state index contributed by atoms with van der Waals surface area (Å²) in [6, 6.07) is 9.63. The first-order valence-electron chi connectivity index (χ1n) is 9.13. The van der Waals surface area contributed by atoms with Crippen LogP contribution in [-0.2, 0) is 23.3 Å². The maximum absolute atomic E-state index is 13.1. The molecular weight excluding hydrogens is 385 g/mol. The van der Waals surface area contributed by atoms with Gasteiger partial charge in [-0.3, -0.25) is 4.79 Å². The third kappa shape index (κ3) is 3.98. The number of nitrogens with two attached hydrogens (primary N) is 1. The second kappa shape index (κ2) is 8.59. The largest absolute Gasteiger partial charge is 0.340 e. The lowest BCUT2D eigenvalue weighted by atomic mass is 9.89. The number of carbonyl (C=O) groups excluding carboxylic acids is 1. The molecule has 1 aromatic heterocycles. The number of halogens is 2. The molecule has 2 N–H and O–H groups in total. The minimum Gasteiger partial charge on any atom is -0.340 e. The zero-order valence-corrected chi connectivity index (χ0v) is 17.1. The van der Waals surface area contributed by atoms with Crippen LogP contribution in [0.2, 0.25) is 0 Å². The number of hydrogen-bond donors (Lipinski definition) is 1. The normalized spacial score (nSPS) is 20.8. The van der Waals surface area contributed by atoms with Crippen LogP contribution >= 0.6 is 24.8 Å². The topological polar surface area (TPSA) is 77.0 Å². The number of aromatic nitrogens is 3. The van der Waals surface area contributed by atoms with Crippen LogP contribution in [0.15, 0.2) is 30.3 Å². The van der Waals surface area contributed by atoms with Gasteiger partial charge in [0.15, 0.2) is 0 Å². The molecule has 0 spiro atoms. The lowest BCUT2D eigenvalue weighted by Gasteiger charge is -2.37. The van der Waals surface area contributed by atoms with E-state index in [1.165, 1.54) is 0 Å². The van der Waals surface area contributed by atoms with Gasteiger partial charge in [0.1, 0.15) is 17.2 Å². The molecule has 1 amide bonds. The van der Waals surface area contributed by atoms with Crippen LogP contribution in [0.1, 0.15) is 49.3 Å². The van der Waals surface area contributed by atoms with Crippen LogP contribution in [0.5, 0.6) is 0 Å². The number of fused-ring (bicyclic) bond motifs is 1. The van der Waals surface area contributed by atoms with Gasteiger partial charge in [-0.05, 0) is 31.7 Å². The Bertz CT molecular complexity index is 778. The van der Waals surface area contributed by atoms with E-state index < -0.39 is 5.54 Å². The monoisotopic (exact) mass is 411 g/mol. The summed E-state index contributed by atoms with van der Waals surface area (Å²) in [5.41, 5.74) is 6.29. The summed E-state index contributed by atoms with van der Waals surface area (Å²) in [5.74, 6) is 2.38. The summed E-state index contributed by atoms with van der Waals surface area (Å²) < 4.78 is 2.25. The molecule has 1 fully saturated rings. The molecule has 0 radical (unpaired) electrons. The predicted molar refractivity (Wildman–Crippen MR) is 109 cm³/mol. The molecule has 148 valence electrons. The third-order valence-electron chi connectivity index (χ3n) is 5.53. The number of likely N-dealkylation sites (tertiary alicyclic amines) is 1. The first-order valence-corrected chi connectivity index (χ1v) is 9.13. The Kier molecular flexibility index (Phi) is 6.89. The number of benzene rings is 1. The number of piperidine rings is 1. The molecule has 0 bridgehead atoms. The van der Waals surface area contributed by atoms with Gasteiger partial charge in [0.2, 0.25) is 5.91 Å². The highest BCUT2D eigenvalue weighted by Crippen LogP contribution is 2.30. The Morgan fingerprint density at radius 3 is 2.63 bits per heavy atom. The van der Waals surface area contributed by atoms with Crippen molar-refractivity contribution < 1.29 is 4.79 Å². The Morgan fingerprint density at radius 2 is 1.89 bits per heavy atom. The van der Waals surface area contributed by atoms with Crippen LogP contribution < -0.4 is 5.73 Å². The summed E-state index contributed by atoms with van der Waals surface area (Å²) in [6.45, 7) is 4.25. The van der Waals surface area contributed by atoms with Crippen LogP contribution in [0.4, 0.5) is 0 Å². The zero-order valence-electron chi connectivity index (χ0n) is 15.5.